The summed E-state index contributed by atoms with van der Waals surface area (Å²) in [6.45, 7) is 8.20. The SMILES string of the molecule is C=CCCCCC(C)NC(C)c1cncs1. The molecule has 0 spiro atoms. The Hall–Kier alpha value is -0.670. The third-order valence-electron chi connectivity index (χ3n) is 2.71. The predicted molar refractivity (Wildman–Crippen MR) is 71.8 cm³/mol. The first-order chi connectivity index (χ1) is 7.74. The number of aromatic nitrogens is 1. The average Bonchev–Trinajstić information content (AvgIpc) is 2.77. The third-order valence-corrected chi connectivity index (χ3v) is 3.67. The van der Waals surface area contributed by atoms with E-state index in [1.165, 1.54) is 24.1 Å². The fourth-order valence-corrected chi connectivity index (χ4v) is 2.41. The van der Waals surface area contributed by atoms with Crippen molar-refractivity contribution in [1.82, 2.24) is 10.3 Å². The van der Waals surface area contributed by atoms with Crippen LogP contribution in [0.1, 0.15) is 50.4 Å². The first-order valence-corrected chi connectivity index (χ1v) is 6.87. The van der Waals surface area contributed by atoms with Crippen molar-refractivity contribution in [3.63, 3.8) is 0 Å². The summed E-state index contributed by atoms with van der Waals surface area (Å²) in [6.07, 6.45) is 8.85. The van der Waals surface area contributed by atoms with Gasteiger partial charge in [0.15, 0.2) is 0 Å². The van der Waals surface area contributed by atoms with E-state index in [4.69, 9.17) is 0 Å². The second kappa shape index (κ2) is 7.58. The normalized spacial score (nSPS) is 14.6. The van der Waals surface area contributed by atoms with Crippen LogP contribution in [-0.4, -0.2) is 11.0 Å². The number of unbranched alkanes of at least 4 members (excludes halogenated alkanes) is 2. The van der Waals surface area contributed by atoms with Crippen LogP contribution < -0.4 is 5.32 Å². The molecule has 1 heterocycles. The van der Waals surface area contributed by atoms with Crippen molar-refractivity contribution >= 4 is 11.3 Å². The Balaban J connectivity index is 2.18. The van der Waals surface area contributed by atoms with E-state index in [0.29, 0.717) is 12.1 Å². The summed E-state index contributed by atoms with van der Waals surface area (Å²) in [6, 6.07) is 0.990. The molecule has 0 aromatic carbocycles. The molecule has 0 bridgehead atoms. The molecule has 1 rings (SSSR count). The summed E-state index contributed by atoms with van der Waals surface area (Å²) in [5, 5.41) is 3.60. The van der Waals surface area contributed by atoms with Gasteiger partial charge in [-0.2, -0.15) is 0 Å². The van der Waals surface area contributed by atoms with Crippen LogP contribution in [-0.2, 0) is 0 Å². The van der Waals surface area contributed by atoms with Crippen molar-refractivity contribution < 1.29 is 0 Å². The Labute approximate surface area is 103 Å². The van der Waals surface area contributed by atoms with E-state index >= 15 is 0 Å². The zero-order valence-corrected chi connectivity index (χ0v) is 11.1. The monoisotopic (exact) mass is 238 g/mol. The van der Waals surface area contributed by atoms with Gasteiger partial charge in [0, 0.05) is 23.2 Å². The van der Waals surface area contributed by atoms with Crippen molar-refractivity contribution in [3.8, 4) is 0 Å². The standard InChI is InChI=1S/C13H22N2S/c1-4-5-6-7-8-11(2)15-12(3)13-9-14-10-16-13/h4,9-12,15H,1,5-8H2,2-3H3. The van der Waals surface area contributed by atoms with E-state index in [9.17, 15) is 0 Å². The second-order valence-electron chi connectivity index (χ2n) is 4.27. The summed E-state index contributed by atoms with van der Waals surface area (Å²) >= 11 is 1.72. The molecule has 0 saturated heterocycles. The lowest BCUT2D eigenvalue weighted by Gasteiger charge is -2.18. The molecule has 2 atom stereocenters. The van der Waals surface area contributed by atoms with Gasteiger partial charge in [0.05, 0.1) is 5.51 Å². The van der Waals surface area contributed by atoms with Gasteiger partial charge in [-0.3, -0.25) is 4.98 Å². The minimum absolute atomic E-state index is 0.418. The van der Waals surface area contributed by atoms with Crippen LogP contribution in [0.2, 0.25) is 0 Å². The molecule has 0 saturated carbocycles. The Morgan fingerprint density at radius 1 is 1.50 bits per heavy atom. The van der Waals surface area contributed by atoms with Crippen LogP contribution in [0.5, 0.6) is 0 Å². The van der Waals surface area contributed by atoms with Crippen LogP contribution in [0.3, 0.4) is 0 Å². The molecule has 3 heteroatoms. The molecule has 1 N–H and O–H groups in total. The number of nitrogens with zero attached hydrogens (tertiary/aromatic N) is 1. The molecule has 1 aromatic heterocycles. The van der Waals surface area contributed by atoms with Gasteiger partial charge in [-0.1, -0.05) is 12.5 Å². The second-order valence-corrected chi connectivity index (χ2v) is 5.18. The molecule has 16 heavy (non-hydrogen) atoms. The Kier molecular flexibility index (Phi) is 6.34. The molecule has 90 valence electrons. The summed E-state index contributed by atoms with van der Waals surface area (Å²) in [4.78, 5) is 5.42. The van der Waals surface area contributed by atoms with Gasteiger partial charge in [0.1, 0.15) is 0 Å². The van der Waals surface area contributed by atoms with Crippen LogP contribution >= 0.6 is 11.3 Å². The lowest BCUT2D eigenvalue weighted by Crippen LogP contribution is -2.28. The molecule has 2 nitrogen and oxygen atoms in total. The van der Waals surface area contributed by atoms with Crippen molar-refractivity contribution in [2.24, 2.45) is 0 Å². The van der Waals surface area contributed by atoms with Gasteiger partial charge in [-0.05, 0) is 33.1 Å². The minimum atomic E-state index is 0.418. The molecule has 1 aromatic rings. The maximum Gasteiger partial charge on any atom is 0.0794 e. The number of rotatable bonds is 8. The number of thiazole rings is 1. The Morgan fingerprint density at radius 3 is 2.94 bits per heavy atom. The highest BCUT2D eigenvalue weighted by Crippen LogP contribution is 2.17. The summed E-state index contributed by atoms with van der Waals surface area (Å²) in [7, 11) is 0. The molecule has 2 unspecified atom stereocenters. The topological polar surface area (TPSA) is 24.9 Å². The van der Waals surface area contributed by atoms with Crippen molar-refractivity contribution in [3.05, 3.63) is 29.2 Å². The zero-order valence-electron chi connectivity index (χ0n) is 10.3. The van der Waals surface area contributed by atoms with E-state index in [-0.39, 0.29) is 0 Å². The van der Waals surface area contributed by atoms with Gasteiger partial charge < -0.3 is 5.32 Å². The van der Waals surface area contributed by atoms with Crippen molar-refractivity contribution in [2.75, 3.05) is 0 Å². The number of nitrogens with one attached hydrogen (secondary N) is 1. The zero-order chi connectivity index (χ0) is 11.8. The molecule has 0 aliphatic heterocycles. The highest BCUT2D eigenvalue weighted by atomic mass is 32.1. The van der Waals surface area contributed by atoms with Crippen LogP contribution in [0.4, 0.5) is 0 Å². The van der Waals surface area contributed by atoms with Crippen LogP contribution in [0, 0.1) is 0 Å². The molecule has 0 fully saturated rings. The third kappa shape index (κ3) is 4.90. The first-order valence-electron chi connectivity index (χ1n) is 5.99. The Morgan fingerprint density at radius 2 is 2.31 bits per heavy atom. The number of allylic oxidation sites excluding steroid dienone is 1. The summed E-state index contributed by atoms with van der Waals surface area (Å²) in [5.74, 6) is 0. The molecule has 0 aliphatic carbocycles. The lowest BCUT2D eigenvalue weighted by molar-refractivity contribution is 0.445. The van der Waals surface area contributed by atoms with Crippen molar-refractivity contribution in [1.29, 1.82) is 0 Å². The number of hydrogen-bond donors (Lipinski definition) is 1. The fraction of sp³-hybridized carbons (Fsp3) is 0.615. The molecule has 0 amide bonds. The van der Waals surface area contributed by atoms with Crippen LogP contribution in [0.25, 0.3) is 0 Å². The number of hydrogen-bond acceptors (Lipinski definition) is 3. The van der Waals surface area contributed by atoms with E-state index < -0.39 is 0 Å². The highest BCUT2D eigenvalue weighted by Gasteiger charge is 2.09. The molecule has 0 aliphatic rings. The van der Waals surface area contributed by atoms with E-state index in [1.807, 2.05) is 17.8 Å². The van der Waals surface area contributed by atoms with E-state index in [2.05, 4.69) is 30.7 Å². The summed E-state index contributed by atoms with van der Waals surface area (Å²) < 4.78 is 0. The average molecular weight is 238 g/mol. The maximum absolute atomic E-state index is 4.10. The predicted octanol–water partition coefficient (Wildman–Crippen LogP) is 3.93. The maximum atomic E-state index is 4.10. The molecule has 0 radical (unpaired) electrons. The van der Waals surface area contributed by atoms with Crippen LogP contribution in [0.15, 0.2) is 24.4 Å². The van der Waals surface area contributed by atoms with E-state index in [1.54, 1.807) is 11.3 Å². The van der Waals surface area contributed by atoms with Crippen molar-refractivity contribution in [2.45, 2.75) is 51.6 Å². The fourth-order valence-electron chi connectivity index (χ4n) is 1.77. The van der Waals surface area contributed by atoms with Gasteiger partial charge in [0.2, 0.25) is 0 Å². The molecular formula is C13H22N2S. The largest absolute Gasteiger partial charge is 0.307 e. The van der Waals surface area contributed by atoms with Gasteiger partial charge in [0.25, 0.3) is 0 Å². The van der Waals surface area contributed by atoms with Gasteiger partial charge >= 0.3 is 0 Å². The van der Waals surface area contributed by atoms with E-state index in [0.717, 1.165) is 6.42 Å². The smallest absolute Gasteiger partial charge is 0.0794 e. The van der Waals surface area contributed by atoms with Gasteiger partial charge in [-0.15, -0.1) is 17.9 Å². The van der Waals surface area contributed by atoms with Gasteiger partial charge in [-0.25, -0.2) is 0 Å². The highest BCUT2D eigenvalue weighted by molar-refractivity contribution is 7.09. The molecular weight excluding hydrogens is 216 g/mol. The Bertz CT molecular complexity index is 282. The first kappa shape index (κ1) is 13.4. The quantitative estimate of drug-likeness (QED) is 0.548. The minimum Gasteiger partial charge on any atom is -0.307 e. The summed E-state index contributed by atoms with van der Waals surface area (Å²) in [5.41, 5.74) is 1.89. The lowest BCUT2D eigenvalue weighted by atomic mass is 10.1.